The van der Waals surface area contributed by atoms with Gasteiger partial charge in [-0.2, -0.15) is 0 Å². The van der Waals surface area contributed by atoms with Crippen molar-refractivity contribution in [2.75, 3.05) is 0 Å². The van der Waals surface area contributed by atoms with Crippen LogP contribution in [-0.2, 0) is 22.7 Å². The van der Waals surface area contributed by atoms with Crippen molar-refractivity contribution in [1.29, 1.82) is 0 Å². The zero-order valence-corrected chi connectivity index (χ0v) is 18.6. The monoisotopic (exact) mass is 441 g/mol. The Morgan fingerprint density at radius 1 is 1.16 bits per heavy atom. The van der Waals surface area contributed by atoms with Crippen LogP contribution in [0.3, 0.4) is 0 Å². The molecule has 4 rings (SSSR count). The lowest BCUT2D eigenvalue weighted by molar-refractivity contribution is -0.0564. The number of hydrogen-bond acceptors (Lipinski definition) is 6. The number of thiophene rings is 1. The third-order valence-electron chi connectivity index (χ3n) is 5.71. The number of benzene rings is 1. The Morgan fingerprint density at radius 3 is 2.65 bits per heavy atom. The van der Waals surface area contributed by atoms with Gasteiger partial charge in [-0.15, -0.1) is 11.3 Å². The van der Waals surface area contributed by atoms with E-state index in [0.29, 0.717) is 24.7 Å². The average Bonchev–Trinajstić information content (AvgIpc) is 3.40. The van der Waals surface area contributed by atoms with E-state index in [2.05, 4.69) is 4.98 Å². The number of carboxylic acid groups (broad SMARTS) is 1. The number of carbonyl (C=O) groups is 1. The number of hydrogen-bond donors (Lipinski definition) is 1. The molecule has 0 radical (unpaired) electrons. The molecule has 2 aromatic heterocycles. The standard InChI is InChI=1S/C24H27NO5S/c1-15-6-3-7-17(22(15)24(26)27)13-28-18-8-4-9-19(12-18)29-14-20-16(2)30-23(25-20)21-10-5-11-31-21/h3,5-7,10-11,18-19H,4,8-9,12-14H2,1-2H3,(H,26,27). The number of rotatable bonds is 8. The first kappa shape index (κ1) is 21.7. The van der Waals surface area contributed by atoms with Crippen LogP contribution in [0.5, 0.6) is 0 Å². The van der Waals surface area contributed by atoms with Crippen LogP contribution in [0.2, 0.25) is 0 Å². The predicted molar refractivity (Wildman–Crippen MR) is 118 cm³/mol. The number of aromatic carboxylic acids is 1. The fourth-order valence-corrected chi connectivity index (χ4v) is 4.68. The zero-order valence-electron chi connectivity index (χ0n) is 17.8. The summed E-state index contributed by atoms with van der Waals surface area (Å²) in [5.74, 6) is 0.516. The minimum atomic E-state index is -0.911. The third kappa shape index (κ3) is 5.23. The highest BCUT2D eigenvalue weighted by Crippen LogP contribution is 2.29. The van der Waals surface area contributed by atoms with Gasteiger partial charge < -0.3 is 19.0 Å². The maximum absolute atomic E-state index is 11.6. The van der Waals surface area contributed by atoms with Crippen molar-refractivity contribution in [3.8, 4) is 10.8 Å². The van der Waals surface area contributed by atoms with E-state index in [1.807, 2.05) is 49.6 Å². The van der Waals surface area contributed by atoms with Gasteiger partial charge in [0.2, 0.25) is 5.89 Å². The molecule has 1 N–H and O–H groups in total. The second-order valence-corrected chi connectivity index (χ2v) is 8.89. The molecule has 1 fully saturated rings. The van der Waals surface area contributed by atoms with E-state index in [-0.39, 0.29) is 12.2 Å². The smallest absolute Gasteiger partial charge is 0.336 e. The molecule has 2 unspecified atom stereocenters. The Labute approximate surface area is 185 Å². The molecular weight excluding hydrogens is 414 g/mol. The minimum Gasteiger partial charge on any atom is -0.478 e. The van der Waals surface area contributed by atoms with E-state index in [4.69, 9.17) is 13.9 Å². The van der Waals surface area contributed by atoms with Gasteiger partial charge in [-0.05, 0) is 62.1 Å². The summed E-state index contributed by atoms with van der Waals surface area (Å²) in [5.41, 5.74) is 2.64. The van der Waals surface area contributed by atoms with Crippen molar-refractivity contribution in [2.45, 2.75) is 65.0 Å². The van der Waals surface area contributed by atoms with Gasteiger partial charge in [-0.3, -0.25) is 0 Å². The van der Waals surface area contributed by atoms with Gasteiger partial charge in [0.1, 0.15) is 11.5 Å². The highest BCUT2D eigenvalue weighted by Gasteiger charge is 2.25. The first-order chi connectivity index (χ1) is 15.0. The summed E-state index contributed by atoms with van der Waals surface area (Å²) in [6.45, 7) is 4.44. The minimum absolute atomic E-state index is 0.0565. The second-order valence-electron chi connectivity index (χ2n) is 7.95. The molecule has 3 aromatic rings. The van der Waals surface area contributed by atoms with Crippen molar-refractivity contribution < 1.29 is 23.8 Å². The Morgan fingerprint density at radius 2 is 1.94 bits per heavy atom. The van der Waals surface area contributed by atoms with Gasteiger partial charge in [0, 0.05) is 0 Å². The molecule has 0 saturated heterocycles. The molecule has 1 aromatic carbocycles. The summed E-state index contributed by atoms with van der Waals surface area (Å²) in [7, 11) is 0. The first-order valence-corrected chi connectivity index (χ1v) is 11.4. The molecule has 1 aliphatic carbocycles. The Kier molecular flexibility index (Phi) is 6.85. The summed E-state index contributed by atoms with van der Waals surface area (Å²) in [5, 5.41) is 11.5. The SMILES string of the molecule is Cc1cccc(COC2CCCC(OCc3nc(-c4cccs4)oc3C)C2)c1C(=O)O. The van der Waals surface area contributed by atoms with E-state index in [1.54, 1.807) is 11.3 Å². The number of ether oxygens (including phenoxy) is 2. The largest absolute Gasteiger partial charge is 0.478 e. The van der Waals surface area contributed by atoms with Crippen LogP contribution in [0.25, 0.3) is 10.8 Å². The lowest BCUT2D eigenvalue weighted by Gasteiger charge is -2.29. The molecule has 2 heterocycles. The van der Waals surface area contributed by atoms with Crippen LogP contribution >= 0.6 is 11.3 Å². The molecule has 164 valence electrons. The Balaban J connectivity index is 1.32. The maximum atomic E-state index is 11.6. The highest BCUT2D eigenvalue weighted by atomic mass is 32.1. The van der Waals surface area contributed by atoms with Crippen LogP contribution in [0.1, 0.15) is 58.6 Å². The quantitative estimate of drug-likeness (QED) is 0.478. The predicted octanol–water partition coefficient (Wildman–Crippen LogP) is 5.76. The number of carboxylic acids is 1. The van der Waals surface area contributed by atoms with Crippen molar-refractivity contribution >= 4 is 17.3 Å². The van der Waals surface area contributed by atoms with E-state index in [1.165, 1.54) is 0 Å². The van der Waals surface area contributed by atoms with E-state index >= 15 is 0 Å². The summed E-state index contributed by atoms with van der Waals surface area (Å²) in [6.07, 6.45) is 3.91. The number of aromatic nitrogens is 1. The normalized spacial score (nSPS) is 18.9. The second kappa shape index (κ2) is 9.77. The number of nitrogens with zero attached hydrogens (tertiary/aromatic N) is 1. The molecule has 6 nitrogen and oxygen atoms in total. The van der Waals surface area contributed by atoms with E-state index in [0.717, 1.165) is 53.1 Å². The van der Waals surface area contributed by atoms with E-state index in [9.17, 15) is 9.90 Å². The fourth-order valence-electron chi connectivity index (χ4n) is 4.03. The van der Waals surface area contributed by atoms with Crippen LogP contribution in [0.15, 0.2) is 40.1 Å². The van der Waals surface area contributed by atoms with Crippen molar-refractivity contribution in [3.05, 3.63) is 63.9 Å². The first-order valence-electron chi connectivity index (χ1n) is 10.6. The molecule has 1 saturated carbocycles. The zero-order chi connectivity index (χ0) is 21.8. The lowest BCUT2D eigenvalue weighted by Crippen LogP contribution is -2.28. The fraction of sp³-hybridized carbons (Fsp3) is 0.417. The summed E-state index contributed by atoms with van der Waals surface area (Å²) >= 11 is 1.60. The topological polar surface area (TPSA) is 81.8 Å². The number of oxazole rings is 1. The molecule has 0 bridgehead atoms. The van der Waals surface area contributed by atoms with Crippen LogP contribution < -0.4 is 0 Å². The van der Waals surface area contributed by atoms with Crippen LogP contribution in [0.4, 0.5) is 0 Å². The van der Waals surface area contributed by atoms with Gasteiger partial charge in [-0.1, -0.05) is 24.3 Å². The van der Waals surface area contributed by atoms with Gasteiger partial charge in [-0.25, -0.2) is 9.78 Å². The summed E-state index contributed by atoms with van der Waals surface area (Å²) in [6, 6.07) is 9.48. The summed E-state index contributed by atoms with van der Waals surface area (Å²) < 4.78 is 18.0. The molecule has 0 amide bonds. The van der Waals surface area contributed by atoms with Gasteiger partial charge >= 0.3 is 5.97 Å². The molecule has 0 spiro atoms. The molecule has 31 heavy (non-hydrogen) atoms. The maximum Gasteiger partial charge on any atom is 0.336 e. The lowest BCUT2D eigenvalue weighted by atomic mass is 9.94. The third-order valence-corrected chi connectivity index (χ3v) is 6.56. The average molecular weight is 442 g/mol. The van der Waals surface area contributed by atoms with Crippen LogP contribution in [-0.4, -0.2) is 28.3 Å². The molecule has 1 aliphatic rings. The molecule has 7 heteroatoms. The molecule has 0 aliphatic heterocycles. The highest BCUT2D eigenvalue weighted by molar-refractivity contribution is 7.13. The van der Waals surface area contributed by atoms with Gasteiger partial charge in [0.05, 0.1) is 35.9 Å². The van der Waals surface area contributed by atoms with Crippen LogP contribution in [0, 0.1) is 13.8 Å². The van der Waals surface area contributed by atoms with Gasteiger partial charge in [0.15, 0.2) is 0 Å². The van der Waals surface area contributed by atoms with Crippen molar-refractivity contribution in [1.82, 2.24) is 4.98 Å². The van der Waals surface area contributed by atoms with E-state index < -0.39 is 5.97 Å². The van der Waals surface area contributed by atoms with Crippen molar-refractivity contribution in [2.24, 2.45) is 0 Å². The Hall–Kier alpha value is -2.48. The summed E-state index contributed by atoms with van der Waals surface area (Å²) in [4.78, 5) is 17.2. The molecule has 2 atom stereocenters. The Bertz CT molecular complexity index is 1030. The van der Waals surface area contributed by atoms with Gasteiger partial charge in [0.25, 0.3) is 0 Å². The number of aryl methyl sites for hydroxylation is 2. The molecular formula is C24H27NO5S. The van der Waals surface area contributed by atoms with Crippen molar-refractivity contribution in [3.63, 3.8) is 0 Å².